The van der Waals surface area contributed by atoms with E-state index in [-0.39, 0.29) is 0 Å². The largest absolute Gasteiger partial charge is 0.261 e. The molecule has 0 aromatic carbocycles. The van der Waals surface area contributed by atoms with Gasteiger partial charge in [-0.3, -0.25) is 4.98 Å². The van der Waals surface area contributed by atoms with Crippen LogP contribution in [0.2, 0.25) is 0 Å². The van der Waals surface area contributed by atoms with Crippen LogP contribution < -0.4 is 0 Å². The Labute approximate surface area is 96.2 Å². The first kappa shape index (κ1) is 9.59. The molecule has 0 amide bonds. The average molecular weight is 209 g/mol. The minimum atomic E-state index is 0.430. The maximum atomic E-state index is 4.38. The van der Waals surface area contributed by atoms with E-state index < -0.39 is 0 Å². The molecule has 1 heteroatoms. The van der Waals surface area contributed by atoms with Crippen molar-refractivity contribution in [3.8, 4) is 0 Å². The molecule has 0 N–H and O–H groups in total. The Morgan fingerprint density at radius 3 is 3.00 bits per heavy atom. The van der Waals surface area contributed by atoms with Gasteiger partial charge in [0.2, 0.25) is 0 Å². The van der Waals surface area contributed by atoms with E-state index in [0.29, 0.717) is 5.92 Å². The summed E-state index contributed by atoms with van der Waals surface area (Å²) in [4.78, 5) is 4.38. The van der Waals surface area contributed by atoms with Crippen LogP contribution in [-0.4, -0.2) is 4.98 Å². The van der Waals surface area contributed by atoms with Crippen LogP contribution in [0.3, 0.4) is 0 Å². The molecule has 80 valence electrons. The number of rotatable bonds is 1. The molecule has 1 aromatic heterocycles. The number of pyridine rings is 1. The topological polar surface area (TPSA) is 12.9 Å². The molecule has 1 atom stereocenters. The second-order valence-corrected chi connectivity index (χ2v) is 4.49. The first-order chi connectivity index (χ1) is 7.84. The maximum Gasteiger partial charge on any atom is 0.0372 e. The molecule has 3 rings (SSSR count). The average Bonchev–Trinajstić information content (AvgIpc) is 2.74. The van der Waals surface area contributed by atoms with Crippen molar-refractivity contribution in [3.05, 3.63) is 65.0 Å². The normalized spacial score (nSPS) is 22.7. The summed E-state index contributed by atoms with van der Waals surface area (Å²) in [6.07, 6.45) is 13.5. The maximum absolute atomic E-state index is 4.38. The quantitative estimate of drug-likeness (QED) is 0.687. The first-order valence-electron chi connectivity index (χ1n) is 5.85. The van der Waals surface area contributed by atoms with Crippen molar-refractivity contribution in [3.63, 3.8) is 0 Å². The summed E-state index contributed by atoms with van der Waals surface area (Å²) >= 11 is 0. The van der Waals surface area contributed by atoms with Gasteiger partial charge in [0, 0.05) is 17.8 Å². The fourth-order valence-electron chi connectivity index (χ4n) is 2.45. The van der Waals surface area contributed by atoms with Crippen LogP contribution in [0.1, 0.15) is 30.0 Å². The number of hydrogen-bond acceptors (Lipinski definition) is 1. The highest BCUT2D eigenvalue weighted by molar-refractivity contribution is 5.51. The van der Waals surface area contributed by atoms with Gasteiger partial charge in [0.05, 0.1) is 0 Å². The minimum absolute atomic E-state index is 0.430. The van der Waals surface area contributed by atoms with Gasteiger partial charge in [0.25, 0.3) is 0 Å². The smallest absolute Gasteiger partial charge is 0.0372 e. The lowest BCUT2D eigenvalue weighted by atomic mass is 9.90. The van der Waals surface area contributed by atoms with Gasteiger partial charge in [-0.15, -0.1) is 0 Å². The molecule has 0 radical (unpaired) electrons. The van der Waals surface area contributed by atoms with E-state index in [1.54, 1.807) is 0 Å². The van der Waals surface area contributed by atoms with Crippen molar-refractivity contribution in [2.24, 2.45) is 0 Å². The first-order valence-corrected chi connectivity index (χ1v) is 5.85. The molecule has 1 heterocycles. The summed E-state index contributed by atoms with van der Waals surface area (Å²) < 4.78 is 0. The van der Waals surface area contributed by atoms with E-state index in [2.05, 4.69) is 41.4 Å². The van der Waals surface area contributed by atoms with E-state index >= 15 is 0 Å². The van der Waals surface area contributed by atoms with Gasteiger partial charge in [0.15, 0.2) is 0 Å². The van der Waals surface area contributed by atoms with Crippen molar-refractivity contribution < 1.29 is 0 Å². The highest BCUT2D eigenvalue weighted by Crippen LogP contribution is 2.38. The summed E-state index contributed by atoms with van der Waals surface area (Å²) in [5.41, 5.74) is 5.36. The molecule has 1 nitrogen and oxygen atoms in total. The van der Waals surface area contributed by atoms with Crippen LogP contribution in [-0.2, 0) is 0 Å². The Bertz CT molecular complexity index is 489. The van der Waals surface area contributed by atoms with Crippen LogP contribution >= 0.6 is 0 Å². The predicted octanol–water partition coefficient (Wildman–Crippen LogP) is 3.69. The van der Waals surface area contributed by atoms with Gasteiger partial charge in [-0.25, -0.2) is 0 Å². The van der Waals surface area contributed by atoms with E-state index in [4.69, 9.17) is 0 Å². The molecule has 0 saturated carbocycles. The fraction of sp³-hybridized carbons (Fsp3) is 0.267. The van der Waals surface area contributed by atoms with Gasteiger partial charge in [-0.2, -0.15) is 0 Å². The summed E-state index contributed by atoms with van der Waals surface area (Å²) in [6, 6.07) is 4.28. The Hall–Kier alpha value is -1.63. The number of nitrogens with zero attached hydrogens (tertiary/aromatic N) is 1. The van der Waals surface area contributed by atoms with E-state index in [1.807, 2.05) is 13.1 Å². The SMILES string of the molecule is Cc1ccc(C2C=CC3=C2C=CCC3)cn1. The van der Waals surface area contributed by atoms with Crippen molar-refractivity contribution in [1.29, 1.82) is 0 Å². The highest BCUT2D eigenvalue weighted by Gasteiger charge is 2.21. The van der Waals surface area contributed by atoms with Crippen LogP contribution in [0.25, 0.3) is 0 Å². The Balaban J connectivity index is 1.97. The zero-order valence-corrected chi connectivity index (χ0v) is 9.48. The zero-order valence-electron chi connectivity index (χ0n) is 9.48. The van der Waals surface area contributed by atoms with E-state index in [9.17, 15) is 0 Å². The lowest BCUT2D eigenvalue weighted by Crippen LogP contribution is -1.99. The van der Waals surface area contributed by atoms with Crippen molar-refractivity contribution in [1.82, 2.24) is 4.98 Å². The second-order valence-electron chi connectivity index (χ2n) is 4.49. The third-order valence-electron chi connectivity index (χ3n) is 3.37. The standard InChI is InChI=1S/C15H15N/c1-11-6-7-13(10-16-11)15-9-8-12-4-2-3-5-14(12)15/h3,5-10,15H,2,4H2,1H3. The van der Waals surface area contributed by atoms with E-state index in [1.165, 1.54) is 29.6 Å². The third kappa shape index (κ3) is 1.53. The van der Waals surface area contributed by atoms with Crippen LogP contribution in [0.5, 0.6) is 0 Å². The van der Waals surface area contributed by atoms with Gasteiger partial charge in [-0.05, 0) is 42.5 Å². The Morgan fingerprint density at radius 2 is 2.19 bits per heavy atom. The zero-order chi connectivity index (χ0) is 11.0. The number of aromatic nitrogens is 1. The van der Waals surface area contributed by atoms with Crippen LogP contribution in [0, 0.1) is 6.92 Å². The minimum Gasteiger partial charge on any atom is -0.261 e. The molecule has 0 fully saturated rings. The monoisotopic (exact) mass is 209 g/mol. The van der Waals surface area contributed by atoms with Gasteiger partial charge < -0.3 is 0 Å². The van der Waals surface area contributed by atoms with Crippen molar-refractivity contribution in [2.45, 2.75) is 25.7 Å². The summed E-state index contributed by atoms with van der Waals surface area (Å²) in [7, 11) is 0. The van der Waals surface area contributed by atoms with Gasteiger partial charge >= 0.3 is 0 Å². The van der Waals surface area contributed by atoms with Gasteiger partial charge in [-0.1, -0.05) is 30.4 Å². The number of hydrogen-bond donors (Lipinski definition) is 0. The molecule has 0 aliphatic heterocycles. The van der Waals surface area contributed by atoms with Crippen LogP contribution in [0.4, 0.5) is 0 Å². The molecule has 1 aromatic rings. The van der Waals surface area contributed by atoms with Gasteiger partial charge in [0.1, 0.15) is 0 Å². The molecule has 0 saturated heterocycles. The summed E-state index contributed by atoms with van der Waals surface area (Å²) in [6.45, 7) is 2.03. The van der Waals surface area contributed by atoms with E-state index in [0.717, 1.165) is 5.69 Å². The summed E-state index contributed by atoms with van der Waals surface area (Å²) in [5, 5.41) is 0. The molecule has 16 heavy (non-hydrogen) atoms. The molecule has 1 unspecified atom stereocenters. The molecular formula is C15H15N. The van der Waals surface area contributed by atoms with Crippen molar-refractivity contribution in [2.75, 3.05) is 0 Å². The fourth-order valence-corrected chi connectivity index (χ4v) is 2.45. The number of allylic oxidation sites excluding steroid dienone is 6. The molecule has 2 aliphatic rings. The Morgan fingerprint density at radius 1 is 1.25 bits per heavy atom. The third-order valence-corrected chi connectivity index (χ3v) is 3.37. The number of aryl methyl sites for hydroxylation is 1. The predicted molar refractivity (Wildman–Crippen MR) is 66.3 cm³/mol. The lowest BCUT2D eigenvalue weighted by molar-refractivity contribution is 0.935. The highest BCUT2D eigenvalue weighted by atomic mass is 14.7. The molecule has 0 bridgehead atoms. The second kappa shape index (κ2) is 3.75. The summed E-state index contributed by atoms with van der Waals surface area (Å²) in [5.74, 6) is 0.430. The van der Waals surface area contributed by atoms with Crippen molar-refractivity contribution >= 4 is 0 Å². The molecular weight excluding hydrogens is 194 g/mol. The molecule has 0 spiro atoms. The van der Waals surface area contributed by atoms with Crippen LogP contribution in [0.15, 0.2) is 53.8 Å². The lowest BCUT2D eigenvalue weighted by Gasteiger charge is -2.15. The Kier molecular flexibility index (Phi) is 2.24. The molecule has 2 aliphatic carbocycles.